The van der Waals surface area contributed by atoms with Crippen LogP contribution in [0, 0.1) is 13.8 Å². The summed E-state index contributed by atoms with van der Waals surface area (Å²) < 4.78 is 2.91. The lowest BCUT2D eigenvalue weighted by molar-refractivity contribution is 0.643. The average molecular weight is 269 g/mol. The van der Waals surface area contributed by atoms with Gasteiger partial charge >= 0.3 is 5.69 Å². The van der Waals surface area contributed by atoms with E-state index >= 15 is 0 Å². The van der Waals surface area contributed by atoms with Gasteiger partial charge < -0.3 is 5.73 Å². The summed E-state index contributed by atoms with van der Waals surface area (Å²) in [6, 6.07) is 5.44. The summed E-state index contributed by atoms with van der Waals surface area (Å²) in [5.74, 6) is 0. The molecular formula is C14H15N5O. The Bertz CT molecular complexity index is 846. The van der Waals surface area contributed by atoms with Crippen LogP contribution in [0.4, 0.5) is 5.69 Å². The highest BCUT2D eigenvalue weighted by Gasteiger charge is 2.11. The average Bonchev–Trinajstić information content (AvgIpc) is 2.77. The molecule has 6 nitrogen and oxygen atoms in total. The molecule has 20 heavy (non-hydrogen) atoms. The van der Waals surface area contributed by atoms with Crippen molar-refractivity contribution in [2.75, 3.05) is 5.73 Å². The van der Waals surface area contributed by atoms with E-state index in [4.69, 9.17) is 5.73 Å². The molecule has 0 aliphatic heterocycles. The number of pyridine rings is 2. The molecule has 0 aliphatic carbocycles. The van der Waals surface area contributed by atoms with Gasteiger partial charge in [0, 0.05) is 18.1 Å². The van der Waals surface area contributed by atoms with Gasteiger partial charge in [-0.25, -0.2) is 9.48 Å². The summed E-state index contributed by atoms with van der Waals surface area (Å²) in [5.41, 5.74) is 9.75. The van der Waals surface area contributed by atoms with E-state index < -0.39 is 0 Å². The van der Waals surface area contributed by atoms with Crippen LogP contribution in [0.1, 0.15) is 16.8 Å². The minimum Gasteiger partial charge on any atom is -0.398 e. The summed E-state index contributed by atoms with van der Waals surface area (Å²) in [7, 11) is 0. The van der Waals surface area contributed by atoms with E-state index in [0.717, 1.165) is 16.8 Å². The first-order valence-corrected chi connectivity index (χ1v) is 6.32. The second-order valence-electron chi connectivity index (χ2n) is 4.80. The Morgan fingerprint density at radius 2 is 2.10 bits per heavy atom. The Balaban J connectivity index is 2.08. The lowest BCUT2D eigenvalue weighted by Crippen LogP contribution is -2.22. The van der Waals surface area contributed by atoms with E-state index in [1.54, 1.807) is 24.5 Å². The van der Waals surface area contributed by atoms with Crippen molar-refractivity contribution in [3.05, 3.63) is 57.9 Å². The summed E-state index contributed by atoms with van der Waals surface area (Å²) in [4.78, 5) is 16.6. The highest BCUT2D eigenvalue weighted by molar-refractivity contribution is 5.53. The highest BCUT2D eigenvalue weighted by atomic mass is 16.2. The zero-order chi connectivity index (χ0) is 14.3. The molecule has 0 aliphatic rings. The third-order valence-corrected chi connectivity index (χ3v) is 3.46. The fraction of sp³-hybridized carbons (Fsp3) is 0.214. The standard InChI is InChI=1S/C14H15N5O/c1-9-7-16-11(10(2)13(9)15)8-19-14(20)18-6-4-3-5-12(18)17-19/h3-7H,8H2,1-2H3,(H2,15,16). The molecule has 0 radical (unpaired) electrons. The van der Waals surface area contributed by atoms with Crippen molar-refractivity contribution in [1.82, 2.24) is 19.2 Å². The van der Waals surface area contributed by atoms with E-state index in [-0.39, 0.29) is 5.69 Å². The number of anilines is 1. The highest BCUT2D eigenvalue weighted by Crippen LogP contribution is 2.18. The normalized spacial score (nSPS) is 11.1. The fourth-order valence-corrected chi connectivity index (χ4v) is 2.16. The van der Waals surface area contributed by atoms with Crippen LogP contribution in [0.2, 0.25) is 0 Å². The van der Waals surface area contributed by atoms with Gasteiger partial charge in [0.05, 0.1) is 12.2 Å². The van der Waals surface area contributed by atoms with Crippen LogP contribution in [0.5, 0.6) is 0 Å². The van der Waals surface area contributed by atoms with Gasteiger partial charge in [-0.3, -0.25) is 9.38 Å². The summed E-state index contributed by atoms with van der Waals surface area (Å²) >= 11 is 0. The van der Waals surface area contributed by atoms with Crippen molar-refractivity contribution in [2.45, 2.75) is 20.4 Å². The number of hydrogen-bond acceptors (Lipinski definition) is 4. The molecule has 3 aromatic heterocycles. The van der Waals surface area contributed by atoms with Gasteiger partial charge in [0.1, 0.15) is 0 Å². The van der Waals surface area contributed by atoms with Gasteiger partial charge in [0.15, 0.2) is 5.65 Å². The van der Waals surface area contributed by atoms with Gasteiger partial charge in [-0.05, 0) is 37.1 Å². The van der Waals surface area contributed by atoms with Gasteiger partial charge in [0.2, 0.25) is 0 Å². The molecule has 0 atom stereocenters. The zero-order valence-electron chi connectivity index (χ0n) is 11.4. The van der Waals surface area contributed by atoms with Gasteiger partial charge in [-0.15, -0.1) is 5.10 Å². The summed E-state index contributed by atoms with van der Waals surface area (Å²) in [6.07, 6.45) is 3.42. The maximum Gasteiger partial charge on any atom is 0.350 e. The van der Waals surface area contributed by atoms with Crippen LogP contribution in [-0.2, 0) is 6.54 Å². The number of fused-ring (bicyclic) bond motifs is 1. The van der Waals surface area contributed by atoms with Crippen LogP contribution >= 0.6 is 0 Å². The van der Waals surface area contributed by atoms with Crippen molar-refractivity contribution in [1.29, 1.82) is 0 Å². The largest absolute Gasteiger partial charge is 0.398 e. The molecule has 6 heteroatoms. The molecular weight excluding hydrogens is 254 g/mol. The fourth-order valence-electron chi connectivity index (χ4n) is 2.16. The van der Waals surface area contributed by atoms with Crippen molar-refractivity contribution < 1.29 is 0 Å². The monoisotopic (exact) mass is 269 g/mol. The number of nitrogens with two attached hydrogens (primary N) is 1. The third kappa shape index (κ3) is 1.85. The number of hydrogen-bond donors (Lipinski definition) is 1. The van der Waals surface area contributed by atoms with Crippen LogP contribution in [-0.4, -0.2) is 19.2 Å². The van der Waals surface area contributed by atoms with Crippen LogP contribution in [0.25, 0.3) is 5.65 Å². The lowest BCUT2D eigenvalue weighted by Gasteiger charge is -2.09. The zero-order valence-corrected chi connectivity index (χ0v) is 11.4. The molecule has 0 spiro atoms. The smallest absolute Gasteiger partial charge is 0.350 e. The third-order valence-electron chi connectivity index (χ3n) is 3.46. The second kappa shape index (κ2) is 4.48. The molecule has 0 bridgehead atoms. The number of aromatic nitrogens is 4. The molecule has 0 fully saturated rings. The van der Waals surface area contributed by atoms with Gasteiger partial charge in [-0.1, -0.05) is 6.07 Å². The molecule has 102 valence electrons. The first-order valence-electron chi connectivity index (χ1n) is 6.32. The van der Waals surface area contributed by atoms with Gasteiger partial charge in [-0.2, -0.15) is 0 Å². The quantitative estimate of drug-likeness (QED) is 0.756. The number of aryl methyl sites for hydroxylation is 1. The maximum atomic E-state index is 12.2. The van der Waals surface area contributed by atoms with E-state index in [9.17, 15) is 4.79 Å². The van der Waals surface area contributed by atoms with E-state index in [1.165, 1.54) is 9.08 Å². The molecule has 3 aromatic rings. The maximum absolute atomic E-state index is 12.2. The van der Waals surface area contributed by atoms with Crippen LogP contribution in [0.3, 0.4) is 0 Å². The van der Waals surface area contributed by atoms with E-state index in [1.807, 2.05) is 19.9 Å². The van der Waals surface area contributed by atoms with Crippen molar-refractivity contribution in [2.24, 2.45) is 0 Å². The molecule has 2 N–H and O–H groups in total. The number of nitrogen functional groups attached to an aromatic ring is 1. The molecule has 0 saturated heterocycles. The second-order valence-corrected chi connectivity index (χ2v) is 4.80. The predicted molar refractivity (Wildman–Crippen MR) is 76.7 cm³/mol. The molecule has 0 unspecified atom stereocenters. The number of rotatable bonds is 2. The first-order chi connectivity index (χ1) is 9.58. The Labute approximate surface area is 115 Å². The summed E-state index contributed by atoms with van der Waals surface area (Å²) in [5, 5.41) is 4.29. The van der Waals surface area contributed by atoms with Crippen molar-refractivity contribution >= 4 is 11.3 Å². The Morgan fingerprint density at radius 3 is 2.85 bits per heavy atom. The summed E-state index contributed by atoms with van der Waals surface area (Å²) in [6.45, 7) is 4.14. The molecule has 3 rings (SSSR count). The molecule has 0 amide bonds. The number of nitrogens with zero attached hydrogens (tertiary/aromatic N) is 4. The van der Waals surface area contributed by atoms with Crippen molar-refractivity contribution in [3.8, 4) is 0 Å². The minimum absolute atomic E-state index is 0.180. The van der Waals surface area contributed by atoms with Crippen LogP contribution in [0.15, 0.2) is 35.4 Å². The molecule has 0 saturated carbocycles. The molecule has 0 aromatic carbocycles. The Morgan fingerprint density at radius 1 is 1.30 bits per heavy atom. The SMILES string of the molecule is Cc1cnc(Cn2nc3ccccn3c2=O)c(C)c1N. The molecule has 3 heterocycles. The van der Waals surface area contributed by atoms with Gasteiger partial charge in [0.25, 0.3) is 0 Å². The van der Waals surface area contributed by atoms with Crippen LogP contribution < -0.4 is 11.4 Å². The Hall–Kier alpha value is -2.63. The predicted octanol–water partition coefficient (Wildman–Crippen LogP) is 1.14. The minimum atomic E-state index is -0.180. The first kappa shape index (κ1) is 12.4. The van der Waals surface area contributed by atoms with Crippen molar-refractivity contribution in [3.63, 3.8) is 0 Å². The topological polar surface area (TPSA) is 78.2 Å². The lowest BCUT2D eigenvalue weighted by atomic mass is 10.1. The Kier molecular flexibility index (Phi) is 2.78. The van der Waals surface area contributed by atoms with E-state index in [2.05, 4.69) is 10.1 Å². The van der Waals surface area contributed by atoms with E-state index in [0.29, 0.717) is 17.9 Å².